The van der Waals surface area contributed by atoms with Crippen LogP contribution in [0, 0.1) is 5.41 Å². The summed E-state index contributed by atoms with van der Waals surface area (Å²) >= 11 is 0. The average Bonchev–Trinajstić information content (AvgIpc) is 3.41. The van der Waals surface area contributed by atoms with Crippen LogP contribution in [0.1, 0.15) is 39.2 Å². The molecule has 2 aliphatic rings. The van der Waals surface area contributed by atoms with E-state index in [2.05, 4.69) is 37.9 Å². The third kappa shape index (κ3) is 3.46. The van der Waals surface area contributed by atoms with Crippen molar-refractivity contribution in [3.63, 3.8) is 0 Å². The Morgan fingerprint density at radius 3 is 2.91 bits per heavy atom. The van der Waals surface area contributed by atoms with Crippen molar-refractivity contribution in [2.45, 2.75) is 39.0 Å². The van der Waals surface area contributed by atoms with E-state index in [1.54, 1.807) is 10.7 Å². The third-order valence-corrected chi connectivity index (χ3v) is 6.84. The van der Waals surface area contributed by atoms with Crippen molar-refractivity contribution in [2.75, 3.05) is 42.2 Å². The Balaban J connectivity index is 1.39. The van der Waals surface area contributed by atoms with Gasteiger partial charge in [0.05, 0.1) is 5.41 Å². The second kappa shape index (κ2) is 7.44. The van der Waals surface area contributed by atoms with Crippen molar-refractivity contribution in [1.82, 2.24) is 24.9 Å². The number of rotatable bonds is 6. The topological polar surface area (TPSA) is 99.5 Å². The lowest BCUT2D eigenvalue weighted by Gasteiger charge is -2.24. The summed E-state index contributed by atoms with van der Waals surface area (Å²) in [6.07, 6.45) is 5.86. The number of fused-ring (bicyclic) bond motifs is 2. The normalized spacial score (nSPS) is 21.8. The van der Waals surface area contributed by atoms with Crippen molar-refractivity contribution < 1.29 is 4.79 Å². The van der Waals surface area contributed by atoms with Crippen LogP contribution in [0.5, 0.6) is 0 Å². The predicted octanol–water partition coefficient (Wildman–Crippen LogP) is 2.92. The number of anilines is 4. The van der Waals surface area contributed by atoms with E-state index in [1.165, 1.54) is 0 Å². The lowest BCUT2D eigenvalue weighted by Crippen LogP contribution is -2.28. The molecule has 9 heteroatoms. The second-order valence-electron chi connectivity index (χ2n) is 9.75. The maximum atomic E-state index is 12.2. The molecule has 0 saturated carbocycles. The number of carbonyl (C=O) groups excluding carboxylic acids is 1. The Morgan fingerprint density at radius 2 is 2.09 bits per heavy atom. The van der Waals surface area contributed by atoms with Gasteiger partial charge in [-0.2, -0.15) is 4.98 Å². The first-order valence-corrected chi connectivity index (χ1v) is 11.1. The molecule has 2 aliphatic heterocycles. The molecule has 1 saturated heterocycles. The summed E-state index contributed by atoms with van der Waals surface area (Å²) in [6.45, 7) is 9.14. The zero-order valence-electron chi connectivity index (χ0n) is 19.1. The molecule has 1 aromatic carbocycles. The molecular formula is C23H30N8O. The quantitative estimate of drug-likeness (QED) is 0.549. The molecule has 0 spiro atoms. The van der Waals surface area contributed by atoms with E-state index >= 15 is 0 Å². The molecule has 4 heterocycles. The molecule has 168 valence electrons. The van der Waals surface area contributed by atoms with Gasteiger partial charge in [-0.3, -0.25) is 4.79 Å². The first-order chi connectivity index (χ1) is 15.3. The molecule has 32 heavy (non-hydrogen) atoms. The molecule has 3 N–H and O–H groups in total. The zero-order chi connectivity index (χ0) is 22.5. The molecule has 0 unspecified atom stereocenters. The lowest BCUT2D eigenvalue weighted by atomic mass is 9.86. The van der Waals surface area contributed by atoms with Gasteiger partial charge in [-0.15, -0.1) is 5.10 Å². The van der Waals surface area contributed by atoms with E-state index < -0.39 is 5.41 Å². The molecule has 0 aliphatic carbocycles. The van der Waals surface area contributed by atoms with E-state index in [0.717, 1.165) is 60.9 Å². The van der Waals surface area contributed by atoms with Crippen molar-refractivity contribution >= 4 is 34.7 Å². The van der Waals surface area contributed by atoms with Gasteiger partial charge < -0.3 is 20.9 Å². The zero-order valence-corrected chi connectivity index (χ0v) is 19.1. The molecule has 0 bridgehead atoms. The second-order valence-corrected chi connectivity index (χ2v) is 9.75. The van der Waals surface area contributed by atoms with Crippen LogP contribution < -0.4 is 20.9 Å². The predicted molar refractivity (Wildman–Crippen MR) is 126 cm³/mol. The highest BCUT2D eigenvalue weighted by atomic mass is 16.2. The number of nitrogens with zero attached hydrogens (tertiary/aromatic N) is 5. The summed E-state index contributed by atoms with van der Waals surface area (Å²) in [5.41, 5.74) is 3.14. The van der Waals surface area contributed by atoms with Gasteiger partial charge in [-0.1, -0.05) is 13.0 Å². The van der Waals surface area contributed by atoms with Crippen molar-refractivity contribution in [1.29, 1.82) is 0 Å². The van der Waals surface area contributed by atoms with Crippen LogP contribution >= 0.6 is 0 Å². The largest absolute Gasteiger partial charge is 0.353 e. The van der Waals surface area contributed by atoms with E-state index in [9.17, 15) is 4.79 Å². The SMILES string of the molecule is CNCC[C@]1(C)CCN(c2nccn3nc(Nc4ccc5c(c4)NC(=O)C5(C)C)nc23)C1. The van der Waals surface area contributed by atoms with E-state index in [0.29, 0.717) is 5.95 Å². The van der Waals surface area contributed by atoms with Crippen LogP contribution in [0.25, 0.3) is 5.65 Å². The van der Waals surface area contributed by atoms with Crippen LogP contribution in [0.15, 0.2) is 30.6 Å². The van der Waals surface area contributed by atoms with Gasteiger partial charge in [-0.25, -0.2) is 9.50 Å². The number of aromatic nitrogens is 4. The molecular weight excluding hydrogens is 404 g/mol. The Bertz CT molecular complexity index is 1190. The smallest absolute Gasteiger partial charge is 0.247 e. The van der Waals surface area contributed by atoms with Crippen LogP contribution in [0.2, 0.25) is 0 Å². The first kappa shape index (κ1) is 20.7. The van der Waals surface area contributed by atoms with Crippen molar-refractivity contribution in [3.05, 3.63) is 36.2 Å². The number of amides is 1. The molecule has 0 radical (unpaired) electrons. The molecule has 9 nitrogen and oxygen atoms in total. The fraction of sp³-hybridized carbons (Fsp3) is 0.478. The van der Waals surface area contributed by atoms with Crippen molar-refractivity contribution in [2.24, 2.45) is 5.41 Å². The minimum atomic E-state index is -0.521. The number of hydrogen-bond acceptors (Lipinski definition) is 7. The molecule has 1 fully saturated rings. The van der Waals surface area contributed by atoms with E-state index in [-0.39, 0.29) is 11.3 Å². The fourth-order valence-corrected chi connectivity index (χ4v) is 4.72. The Labute approximate surface area is 187 Å². The summed E-state index contributed by atoms with van der Waals surface area (Å²) in [5.74, 6) is 1.38. The van der Waals surface area contributed by atoms with E-state index in [1.807, 2.05) is 45.3 Å². The molecule has 3 aromatic rings. The van der Waals surface area contributed by atoms with Gasteiger partial charge in [0.15, 0.2) is 11.5 Å². The summed E-state index contributed by atoms with van der Waals surface area (Å²) < 4.78 is 1.77. The highest BCUT2D eigenvalue weighted by Gasteiger charge is 2.38. The van der Waals surface area contributed by atoms with E-state index in [4.69, 9.17) is 4.98 Å². The maximum Gasteiger partial charge on any atom is 0.247 e. The van der Waals surface area contributed by atoms with Gasteiger partial charge >= 0.3 is 0 Å². The van der Waals surface area contributed by atoms with Crippen LogP contribution in [-0.2, 0) is 10.2 Å². The van der Waals surface area contributed by atoms with Crippen molar-refractivity contribution in [3.8, 4) is 0 Å². The summed E-state index contributed by atoms with van der Waals surface area (Å²) in [6, 6.07) is 5.87. The Morgan fingerprint density at radius 1 is 1.25 bits per heavy atom. The summed E-state index contributed by atoms with van der Waals surface area (Å²) in [7, 11) is 2.00. The van der Waals surface area contributed by atoms with Gasteiger partial charge in [0, 0.05) is 36.9 Å². The number of benzene rings is 1. The van der Waals surface area contributed by atoms with Crippen LogP contribution in [0.3, 0.4) is 0 Å². The monoisotopic (exact) mass is 434 g/mol. The fourth-order valence-electron chi connectivity index (χ4n) is 4.72. The third-order valence-electron chi connectivity index (χ3n) is 6.84. The lowest BCUT2D eigenvalue weighted by molar-refractivity contribution is -0.119. The number of nitrogens with one attached hydrogen (secondary N) is 3. The molecule has 1 amide bonds. The molecule has 1 atom stereocenters. The molecule has 5 rings (SSSR count). The molecule has 2 aromatic heterocycles. The Hall–Kier alpha value is -3.20. The van der Waals surface area contributed by atoms with Crippen LogP contribution in [0.4, 0.5) is 23.1 Å². The van der Waals surface area contributed by atoms with Gasteiger partial charge in [0.1, 0.15) is 0 Å². The highest BCUT2D eigenvalue weighted by molar-refractivity contribution is 6.06. The minimum Gasteiger partial charge on any atom is -0.353 e. The summed E-state index contributed by atoms with van der Waals surface area (Å²) in [5, 5.41) is 14.1. The van der Waals surface area contributed by atoms with Gasteiger partial charge in [0.2, 0.25) is 11.9 Å². The van der Waals surface area contributed by atoms with Crippen LogP contribution in [-0.4, -0.2) is 52.2 Å². The maximum absolute atomic E-state index is 12.2. The highest BCUT2D eigenvalue weighted by Crippen LogP contribution is 2.39. The number of carbonyl (C=O) groups is 1. The van der Waals surface area contributed by atoms with Gasteiger partial charge in [-0.05, 0) is 63.4 Å². The standard InChI is InChI=1S/C23H30N8O/c1-22(2)16-6-5-15(13-17(16)27-20(22)32)26-21-28-19-18(25-10-12-31(19)29-21)30-11-8-23(3,14-30)7-9-24-4/h5-6,10,12-13,24H,7-9,11,14H2,1-4H3,(H,26,29)(H,27,32)/t23-/m1/s1. The number of hydrogen-bond donors (Lipinski definition) is 3. The van der Waals surface area contributed by atoms with Gasteiger partial charge in [0.25, 0.3) is 0 Å². The average molecular weight is 435 g/mol. The minimum absolute atomic E-state index is 0.0125. The Kier molecular flexibility index (Phi) is 4.81. The first-order valence-electron chi connectivity index (χ1n) is 11.1. The summed E-state index contributed by atoms with van der Waals surface area (Å²) in [4.78, 5) is 23.9.